The second-order valence-corrected chi connectivity index (χ2v) is 8.26. The molecule has 0 saturated carbocycles. The highest BCUT2D eigenvalue weighted by atomic mass is 32.2. The van der Waals surface area contributed by atoms with Crippen LogP contribution < -0.4 is 5.32 Å². The van der Waals surface area contributed by atoms with Crippen LogP contribution in [0.3, 0.4) is 0 Å². The smallest absolute Gasteiger partial charge is 0.270 e. The van der Waals surface area contributed by atoms with E-state index < -0.39 is 4.92 Å². The predicted molar refractivity (Wildman–Crippen MR) is 114 cm³/mol. The number of anilines is 1. The van der Waals surface area contributed by atoms with E-state index in [4.69, 9.17) is 4.74 Å². The monoisotopic (exact) mass is 411 g/mol. The second kappa shape index (κ2) is 8.67. The van der Waals surface area contributed by atoms with Gasteiger partial charge in [-0.05, 0) is 36.6 Å². The Kier molecular flexibility index (Phi) is 5.82. The fraction of sp³-hybridized carbons (Fsp3) is 0.286. The van der Waals surface area contributed by atoms with Crippen LogP contribution in [0.1, 0.15) is 28.8 Å². The van der Waals surface area contributed by atoms with E-state index in [0.29, 0.717) is 27.4 Å². The van der Waals surface area contributed by atoms with Gasteiger partial charge in [-0.15, -0.1) is 0 Å². The van der Waals surface area contributed by atoms with Gasteiger partial charge in [0, 0.05) is 59.1 Å². The third-order valence-corrected chi connectivity index (χ3v) is 6.40. The Morgan fingerprint density at radius 1 is 1.24 bits per heavy atom. The van der Waals surface area contributed by atoms with Crippen molar-refractivity contribution in [1.29, 1.82) is 0 Å². The zero-order chi connectivity index (χ0) is 20.2. The molecular weight excluding hydrogens is 390 g/mol. The van der Waals surface area contributed by atoms with Crippen molar-refractivity contribution in [3.8, 4) is 0 Å². The first-order valence-electron chi connectivity index (χ1n) is 9.45. The Morgan fingerprint density at radius 2 is 2.07 bits per heavy atom. The number of amides is 1. The molecule has 4 rings (SSSR count). The van der Waals surface area contributed by atoms with Crippen molar-refractivity contribution in [3.05, 3.63) is 69.9 Å². The van der Waals surface area contributed by atoms with Crippen LogP contribution in [0.4, 0.5) is 11.4 Å². The minimum absolute atomic E-state index is 0.0433. The predicted octanol–water partition coefficient (Wildman–Crippen LogP) is 4.74. The van der Waals surface area contributed by atoms with Crippen LogP contribution >= 0.6 is 11.8 Å². The van der Waals surface area contributed by atoms with E-state index in [0.717, 1.165) is 37.4 Å². The van der Waals surface area contributed by atoms with Gasteiger partial charge in [0.2, 0.25) is 0 Å². The molecule has 0 atom stereocenters. The van der Waals surface area contributed by atoms with Crippen molar-refractivity contribution in [2.45, 2.75) is 23.8 Å². The highest BCUT2D eigenvalue weighted by Crippen LogP contribution is 2.27. The number of H-pyrrole nitrogens is 1. The van der Waals surface area contributed by atoms with Gasteiger partial charge in [-0.25, -0.2) is 0 Å². The van der Waals surface area contributed by atoms with Gasteiger partial charge in [0.25, 0.3) is 11.6 Å². The quantitative estimate of drug-likeness (QED) is 0.451. The zero-order valence-corrected chi connectivity index (χ0v) is 16.5. The number of ether oxygens (including phenoxy) is 1. The first-order chi connectivity index (χ1) is 14.1. The summed E-state index contributed by atoms with van der Waals surface area (Å²) in [5.41, 5.74) is 2.88. The molecule has 1 amide bonds. The third-order valence-electron chi connectivity index (χ3n) is 4.96. The standard InChI is InChI=1S/C21H21N3O4S/c25-21(19-12-22-20-5-4-16(24(26)27)11-18(19)20)23-15-3-1-2-14(10-15)13-29-17-6-8-28-9-7-17/h1-5,10-12,17,22H,6-9,13H2,(H,23,25). The van der Waals surface area contributed by atoms with E-state index in [-0.39, 0.29) is 11.6 Å². The Labute approximate surface area is 172 Å². The van der Waals surface area contributed by atoms with Crippen LogP contribution in [0.15, 0.2) is 48.7 Å². The number of rotatable bonds is 6. The lowest BCUT2D eigenvalue weighted by molar-refractivity contribution is -0.384. The van der Waals surface area contributed by atoms with Crippen molar-refractivity contribution < 1.29 is 14.5 Å². The van der Waals surface area contributed by atoms with E-state index in [9.17, 15) is 14.9 Å². The topological polar surface area (TPSA) is 97.3 Å². The number of aromatic nitrogens is 1. The normalized spacial score (nSPS) is 14.8. The summed E-state index contributed by atoms with van der Waals surface area (Å²) in [4.78, 5) is 26.3. The Balaban J connectivity index is 1.46. The number of hydrogen-bond acceptors (Lipinski definition) is 5. The summed E-state index contributed by atoms with van der Waals surface area (Å²) in [5, 5.41) is 15.1. The number of nitrogens with one attached hydrogen (secondary N) is 2. The summed E-state index contributed by atoms with van der Waals surface area (Å²) in [6, 6.07) is 12.2. The molecule has 0 aliphatic carbocycles. The summed E-state index contributed by atoms with van der Waals surface area (Å²) in [7, 11) is 0. The summed E-state index contributed by atoms with van der Waals surface area (Å²) in [6.45, 7) is 1.66. The molecule has 0 radical (unpaired) electrons. The molecule has 2 N–H and O–H groups in total. The molecule has 2 aromatic carbocycles. The van der Waals surface area contributed by atoms with Crippen molar-refractivity contribution in [1.82, 2.24) is 4.98 Å². The second-order valence-electron chi connectivity index (χ2n) is 6.97. The van der Waals surface area contributed by atoms with Gasteiger partial charge in [0.15, 0.2) is 0 Å². The number of thioether (sulfide) groups is 1. The number of nitro benzene ring substituents is 1. The fourth-order valence-electron chi connectivity index (χ4n) is 3.40. The van der Waals surface area contributed by atoms with E-state index in [1.54, 1.807) is 12.3 Å². The van der Waals surface area contributed by atoms with E-state index in [1.807, 2.05) is 30.0 Å². The van der Waals surface area contributed by atoms with Crippen molar-refractivity contribution in [2.24, 2.45) is 0 Å². The van der Waals surface area contributed by atoms with Gasteiger partial charge in [0.05, 0.1) is 10.5 Å². The lowest BCUT2D eigenvalue weighted by Gasteiger charge is -2.21. The average molecular weight is 411 g/mol. The molecule has 1 aliphatic rings. The molecule has 150 valence electrons. The molecule has 29 heavy (non-hydrogen) atoms. The maximum atomic E-state index is 12.8. The SMILES string of the molecule is O=C(Nc1cccc(CSC2CCOCC2)c1)c1c[nH]c2ccc([N+](=O)[O-])cc12. The molecular formula is C21H21N3O4S. The highest BCUT2D eigenvalue weighted by Gasteiger charge is 2.17. The van der Waals surface area contributed by atoms with E-state index in [2.05, 4.69) is 16.4 Å². The maximum Gasteiger partial charge on any atom is 0.270 e. The third kappa shape index (κ3) is 4.60. The molecule has 0 unspecified atom stereocenters. The highest BCUT2D eigenvalue weighted by molar-refractivity contribution is 7.99. The van der Waals surface area contributed by atoms with E-state index in [1.165, 1.54) is 12.1 Å². The molecule has 1 saturated heterocycles. The van der Waals surface area contributed by atoms with Gasteiger partial charge >= 0.3 is 0 Å². The summed E-state index contributed by atoms with van der Waals surface area (Å²) >= 11 is 1.92. The Hall–Kier alpha value is -2.84. The number of aromatic amines is 1. The summed E-state index contributed by atoms with van der Waals surface area (Å²) in [6.07, 6.45) is 3.73. The Bertz CT molecular complexity index is 1040. The van der Waals surface area contributed by atoms with Gasteiger partial charge in [-0.2, -0.15) is 11.8 Å². The van der Waals surface area contributed by atoms with Gasteiger partial charge in [0.1, 0.15) is 0 Å². The minimum atomic E-state index is -0.465. The number of hydrogen-bond donors (Lipinski definition) is 2. The van der Waals surface area contributed by atoms with Crippen LogP contribution in [0.25, 0.3) is 10.9 Å². The van der Waals surface area contributed by atoms with Gasteiger partial charge < -0.3 is 15.0 Å². The molecule has 0 spiro atoms. The van der Waals surface area contributed by atoms with Gasteiger partial charge in [-0.1, -0.05) is 12.1 Å². The van der Waals surface area contributed by atoms with Crippen LogP contribution in [0.5, 0.6) is 0 Å². The molecule has 1 aliphatic heterocycles. The fourth-order valence-corrected chi connectivity index (χ4v) is 4.54. The number of carbonyl (C=O) groups is 1. The number of carbonyl (C=O) groups excluding carboxylic acids is 1. The minimum Gasteiger partial charge on any atom is -0.381 e. The van der Waals surface area contributed by atoms with Crippen LogP contribution in [0.2, 0.25) is 0 Å². The molecule has 2 heterocycles. The van der Waals surface area contributed by atoms with Crippen LogP contribution in [0, 0.1) is 10.1 Å². The Morgan fingerprint density at radius 3 is 2.86 bits per heavy atom. The van der Waals surface area contributed by atoms with E-state index >= 15 is 0 Å². The van der Waals surface area contributed by atoms with Crippen molar-refractivity contribution >= 4 is 39.9 Å². The first-order valence-corrected chi connectivity index (χ1v) is 10.5. The van der Waals surface area contributed by atoms with Crippen molar-refractivity contribution in [3.63, 3.8) is 0 Å². The molecule has 1 aromatic heterocycles. The molecule has 3 aromatic rings. The summed E-state index contributed by atoms with van der Waals surface area (Å²) < 4.78 is 5.40. The molecule has 8 heteroatoms. The first kappa shape index (κ1) is 19.5. The molecule has 1 fully saturated rings. The lowest BCUT2D eigenvalue weighted by Crippen LogP contribution is -2.17. The van der Waals surface area contributed by atoms with Crippen molar-refractivity contribution in [2.75, 3.05) is 18.5 Å². The zero-order valence-electron chi connectivity index (χ0n) is 15.7. The lowest BCUT2D eigenvalue weighted by atomic mass is 10.1. The number of nitrogens with zero attached hydrogens (tertiary/aromatic N) is 1. The number of non-ortho nitro benzene ring substituents is 1. The van der Waals surface area contributed by atoms with Crippen LogP contribution in [-0.2, 0) is 10.5 Å². The maximum absolute atomic E-state index is 12.8. The van der Waals surface area contributed by atoms with Crippen LogP contribution in [-0.4, -0.2) is 34.3 Å². The molecule has 0 bridgehead atoms. The number of fused-ring (bicyclic) bond motifs is 1. The summed E-state index contributed by atoms with van der Waals surface area (Å²) in [5.74, 6) is 0.583. The largest absolute Gasteiger partial charge is 0.381 e. The van der Waals surface area contributed by atoms with Gasteiger partial charge in [-0.3, -0.25) is 14.9 Å². The molecule has 7 nitrogen and oxygen atoms in total. The average Bonchev–Trinajstić information content (AvgIpc) is 3.17. The number of nitro groups is 1. The number of benzene rings is 2.